The van der Waals surface area contributed by atoms with Crippen LogP contribution in [-0.2, 0) is 19.1 Å². The molecular weight excluding hydrogens is 266 g/mol. The van der Waals surface area contributed by atoms with E-state index in [0.29, 0.717) is 25.2 Å². The van der Waals surface area contributed by atoms with Gasteiger partial charge in [0.2, 0.25) is 0 Å². The molecule has 0 aromatic heterocycles. The molecule has 1 saturated carbocycles. The Morgan fingerprint density at radius 2 is 2.16 bits per heavy atom. The Kier molecular flexibility index (Phi) is 6.51. The second kappa shape index (κ2) is 7.65. The van der Waals surface area contributed by atoms with Gasteiger partial charge in [0.1, 0.15) is 11.6 Å². The average molecular weight is 287 g/mol. The van der Waals surface area contributed by atoms with E-state index in [4.69, 9.17) is 10.5 Å². The van der Waals surface area contributed by atoms with Gasteiger partial charge in [-0.1, -0.05) is 0 Å². The number of rotatable bonds is 7. The quantitative estimate of drug-likeness (QED) is 0.558. The summed E-state index contributed by atoms with van der Waals surface area (Å²) in [6, 6.07) is 0. The van der Waals surface area contributed by atoms with Gasteiger partial charge in [-0.3, -0.25) is 14.4 Å². The number of carbonyl (C=O) groups is 3. The van der Waals surface area contributed by atoms with Crippen molar-refractivity contribution in [2.45, 2.75) is 38.5 Å². The highest BCUT2D eigenvalue weighted by Crippen LogP contribution is 2.32. The lowest BCUT2D eigenvalue weighted by molar-refractivity contribution is -0.143. The molecule has 0 amide bonds. The Morgan fingerprint density at radius 1 is 1.47 bits per heavy atom. The Labute approximate surface area is 117 Å². The van der Waals surface area contributed by atoms with Crippen LogP contribution in [0.15, 0.2) is 0 Å². The van der Waals surface area contributed by atoms with E-state index in [1.807, 2.05) is 0 Å². The SMILES string of the molecule is CC(=O)CC(N)SCC1C(=O)CCC1COC(C)=O. The lowest BCUT2D eigenvalue weighted by atomic mass is 9.98. The first kappa shape index (κ1) is 16.2. The fourth-order valence-corrected chi connectivity index (χ4v) is 3.46. The number of esters is 1. The van der Waals surface area contributed by atoms with Crippen LogP contribution >= 0.6 is 11.8 Å². The number of hydrogen-bond donors (Lipinski definition) is 1. The molecule has 0 radical (unpaired) electrons. The topological polar surface area (TPSA) is 86.5 Å². The van der Waals surface area contributed by atoms with Crippen LogP contribution in [0, 0.1) is 11.8 Å². The standard InChI is InChI=1S/C13H21NO4S/c1-8(15)5-13(14)19-7-11-10(3-4-12(11)17)6-18-9(2)16/h10-11,13H,3-7,14H2,1-2H3. The van der Waals surface area contributed by atoms with Gasteiger partial charge in [-0.2, -0.15) is 0 Å². The molecule has 1 fully saturated rings. The summed E-state index contributed by atoms with van der Waals surface area (Å²) in [6.07, 6.45) is 1.62. The third-order valence-electron chi connectivity index (χ3n) is 3.22. The van der Waals surface area contributed by atoms with Crippen molar-refractivity contribution in [3.05, 3.63) is 0 Å². The van der Waals surface area contributed by atoms with Crippen molar-refractivity contribution in [2.24, 2.45) is 17.6 Å². The normalized spacial score (nSPS) is 24.3. The first-order valence-electron chi connectivity index (χ1n) is 6.42. The average Bonchev–Trinajstić information content (AvgIpc) is 2.64. The fourth-order valence-electron chi connectivity index (χ4n) is 2.20. The van der Waals surface area contributed by atoms with E-state index in [2.05, 4.69) is 0 Å². The van der Waals surface area contributed by atoms with Crippen LogP contribution in [0.5, 0.6) is 0 Å². The van der Waals surface area contributed by atoms with Crippen molar-refractivity contribution >= 4 is 29.3 Å². The molecule has 0 spiro atoms. The van der Waals surface area contributed by atoms with Gasteiger partial charge in [0, 0.05) is 37.4 Å². The zero-order chi connectivity index (χ0) is 14.4. The molecule has 6 heteroatoms. The summed E-state index contributed by atoms with van der Waals surface area (Å²) in [7, 11) is 0. The van der Waals surface area contributed by atoms with E-state index in [1.54, 1.807) is 0 Å². The molecule has 19 heavy (non-hydrogen) atoms. The first-order chi connectivity index (χ1) is 8.90. The second-order valence-electron chi connectivity index (χ2n) is 4.95. The van der Waals surface area contributed by atoms with Gasteiger partial charge in [-0.25, -0.2) is 0 Å². The highest BCUT2D eigenvalue weighted by Gasteiger charge is 2.35. The van der Waals surface area contributed by atoms with Crippen molar-refractivity contribution in [3.8, 4) is 0 Å². The van der Waals surface area contributed by atoms with Gasteiger partial charge < -0.3 is 10.5 Å². The van der Waals surface area contributed by atoms with E-state index in [1.165, 1.54) is 25.6 Å². The number of Topliss-reactive ketones (excluding diaryl/α,β-unsaturated/α-hetero) is 2. The Hall–Kier alpha value is -0.880. The van der Waals surface area contributed by atoms with Crippen molar-refractivity contribution in [3.63, 3.8) is 0 Å². The summed E-state index contributed by atoms with van der Waals surface area (Å²) in [5, 5.41) is -0.264. The molecule has 0 aromatic rings. The highest BCUT2D eigenvalue weighted by molar-refractivity contribution is 7.99. The van der Waals surface area contributed by atoms with Crippen LogP contribution in [0.1, 0.15) is 33.1 Å². The maximum Gasteiger partial charge on any atom is 0.302 e. The van der Waals surface area contributed by atoms with Crippen LogP contribution in [0.25, 0.3) is 0 Å². The molecule has 108 valence electrons. The lowest BCUT2D eigenvalue weighted by Gasteiger charge is -2.19. The number of carbonyl (C=O) groups excluding carboxylic acids is 3. The molecule has 3 atom stereocenters. The van der Waals surface area contributed by atoms with Gasteiger partial charge in [0.05, 0.1) is 12.0 Å². The molecule has 0 heterocycles. The van der Waals surface area contributed by atoms with E-state index in [9.17, 15) is 14.4 Å². The van der Waals surface area contributed by atoms with E-state index in [0.717, 1.165) is 6.42 Å². The monoisotopic (exact) mass is 287 g/mol. The molecule has 1 aliphatic carbocycles. The number of ether oxygens (including phenoxy) is 1. The van der Waals surface area contributed by atoms with Gasteiger partial charge >= 0.3 is 5.97 Å². The summed E-state index contributed by atoms with van der Waals surface area (Å²) >= 11 is 1.44. The number of hydrogen-bond acceptors (Lipinski definition) is 6. The van der Waals surface area contributed by atoms with Crippen LogP contribution in [0.2, 0.25) is 0 Å². The molecule has 0 aliphatic heterocycles. The van der Waals surface area contributed by atoms with E-state index >= 15 is 0 Å². The molecule has 1 aliphatic rings. The molecule has 0 bridgehead atoms. The summed E-state index contributed by atoms with van der Waals surface area (Å²) in [6.45, 7) is 3.17. The zero-order valence-corrected chi connectivity index (χ0v) is 12.2. The molecule has 0 aromatic carbocycles. The molecule has 5 nitrogen and oxygen atoms in total. The second-order valence-corrected chi connectivity index (χ2v) is 6.22. The van der Waals surface area contributed by atoms with Crippen molar-refractivity contribution in [2.75, 3.05) is 12.4 Å². The van der Waals surface area contributed by atoms with Gasteiger partial charge in [0.25, 0.3) is 0 Å². The Bertz CT molecular complexity index is 359. The third-order valence-corrected chi connectivity index (χ3v) is 4.37. The summed E-state index contributed by atoms with van der Waals surface area (Å²) in [5.74, 6) is 0.517. The van der Waals surface area contributed by atoms with Gasteiger partial charge in [-0.05, 0) is 13.3 Å². The Balaban J connectivity index is 2.41. The molecule has 3 unspecified atom stereocenters. The predicted octanol–water partition coefficient (Wildman–Crippen LogP) is 1.14. The molecule has 0 saturated heterocycles. The largest absolute Gasteiger partial charge is 0.466 e. The maximum absolute atomic E-state index is 11.8. The first-order valence-corrected chi connectivity index (χ1v) is 7.47. The minimum absolute atomic E-state index is 0.0502. The molecular formula is C13H21NO4S. The van der Waals surface area contributed by atoms with Crippen LogP contribution in [0.4, 0.5) is 0 Å². The van der Waals surface area contributed by atoms with Crippen molar-refractivity contribution < 1.29 is 19.1 Å². The lowest BCUT2D eigenvalue weighted by Crippen LogP contribution is -2.26. The zero-order valence-electron chi connectivity index (χ0n) is 11.4. The highest BCUT2D eigenvalue weighted by atomic mass is 32.2. The van der Waals surface area contributed by atoms with Crippen LogP contribution in [-0.4, -0.2) is 35.3 Å². The van der Waals surface area contributed by atoms with Crippen LogP contribution < -0.4 is 5.73 Å². The van der Waals surface area contributed by atoms with Crippen molar-refractivity contribution in [1.82, 2.24) is 0 Å². The summed E-state index contributed by atoms with van der Waals surface area (Å²) in [5.41, 5.74) is 5.81. The number of thioether (sulfide) groups is 1. The number of nitrogens with two attached hydrogens (primary N) is 1. The van der Waals surface area contributed by atoms with E-state index in [-0.39, 0.29) is 34.7 Å². The van der Waals surface area contributed by atoms with Crippen molar-refractivity contribution in [1.29, 1.82) is 0 Å². The van der Waals surface area contributed by atoms with Crippen LogP contribution in [0.3, 0.4) is 0 Å². The molecule has 1 rings (SSSR count). The van der Waals surface area contributed by atoms with E-state index < -0.39 is 0 Å². The Morgan fingerprint density at radius 3 is 2.74 bits per heavy atom. The number of ketones is 2. The smallest absolute Gasteiger partial charge is 0.302 e. The fraction of sp³-hybridized carbons (Fsp3) is 0.769. The molecule has 2 N–H and O–H groups in total. The minimum Gasteiger partial charge on any atom is -0.466 e. The third kappa shape index (κ3) is 5.74. The predicted molar refractivity (Wildman–Crippen MR) is 73.6 cm³/mol. The maximum atomic E-state index is 11.8. The summed E-state index contributed by atoms with van der Waals surface area (Å²) in [4.78, 5) is 33.5. The van der Waals surface area contributed by atoms with Gasteiger partial charge in [0.15, 0.2) is 0 Å². The summed E-state index contributed by atoms with van der Waals surface area (Å²) < 4.78 is 4.99. The van der Waals surface area contributed by atoms with Gasteiger partial charge in [-0.15, -0.1) is 11.8 Å². The minimum atomic E-state index is -0.320.